The first kappa shape index (κ1) is 26.6. The molecule has 5 nitrogen and oxygen atoms in total. The van der Waals surface area contributed by atoms with Crippen LogP contribution < -0.4 is 0 Å². The lowest BCUT2D eigenvalue weighted by molar-refractivity contribution is 0.954. The second-order valence-corrected chi connectivity index (χ2v) is 12.1. The van der Waals surface area contributed by atoms with Crippen LogP contribution in [-0.2, 0) is 0 Å². The molecule has 0 fully saturated rings. The van der Waals surface area contributed by atoms with Crippen molar-refractivity contribution >= 4 is 54.4 Å². The fourth-order valence-electron chi connectivity index (χ4n) is 7.21. The number of hydrogen-bond donors (Lipinski definition) is 0. The predicted molar refractivity (Wildman–Crippen MR) is 197 cm³/mol. The van der Waals surface area contributed by atoms with Crippen LogP contribution in [0.3, 0.4) is 0 Å². The average Bonchev–Trinajstić information content (AvgIpc) is 3.66. The molecule has 10 aromatic rings. The summed E-state index contributed by atoms with van der Waals surface area (Å²) < 4.78 is 4.62. The second-order valence-electron chi connectivity index (χ2n) is 12.1. The standard InChI is InChI=1S/C43H27N5/c1-3-15-29(16-4-1)41-44-42(30-17-5-2-6-18-30)46-43(45-41)48-38-24-12-10-22-33(38)35-26-39-34(27-40(35)48)32-21-9-11-23-37(32)47(39)36-25-13-19-28-14-7-8-20-31(28)36/h1-27H. The van der Waals surface area contributed by atoms with E-state index < -0.39 is 0 Å². The Balaban J connectivity index is 1.32. The van der Waals surface area contributed by atoms with Gasteiger partial charge in [0.05, 0.1) is 27.8 Å². The van der Waals surface area contributed by atoms with Crippen molar-refractivity contribution in [3.05, 3.63) is 164 Å². The molecule has 224 valence electrons. The van der Waals surface area contributed by atoms with Crippen molar-refractivity contribution in [3.63, 3.8) is 0 Å². The van der Waals surface area contributed by atoms with Gasteiger partial charge in [-0.05, 0) is 35.7 Å². The molecule has 0 aliphatic carbocycles. The van der Waals surface area contributed by atoms with Crippen molar-refractivity contribution in [1.29, 1.82) is 0 Å². The molecule has 10 rings (SSSR count). The van der Waals surface area contributed by atoms with Crippen molar-refractivity contribution in [2.24, 2.45) is 0 Å². The van der Waals surface area contributed by atoms with Crippen LogP contribution in [0.15, 0.2) is 164 Å². The third-order valence-corrected chi connectivity index (χ3v) is 9.36. The van der Waals surface area contributed by atoms with E-state index in [9.17, 15) is 0 Å². The van der Waals surface area contributed by atoms with Crippen molar-refractivity contribution in [3.8, 4) is 34.4 Å². The molecule has 5 heteroatoms. The Labute approximate surface area is 276 Å². The van der Waals surface area contributed by atoms with Crippen LogP contribution in [0.5, 0.6) is 0 Å². The molecule has 0 unspecified atom stereocenters. The lowest BCUT2D eigenvalue weighted by atomic mass is 10.1. The molecule has 0 radical (unpaired) electrons. The molecule has 0 amide bonds. The van der Waals surface area contributed by atoms with Gasteiger partial charge < -0.3 is 4.57 Å². The molecule has 0 aliphatic heterocycles. The number of nitrogens with zero attached hydrogens (tertiary/aromatic N) is 5. The number of para-hydroxylation sites is 2. The molecule has 0 spiro atoms. The molecular formula is C43H27N5. The summed E-state index contributed by atoms with van der Waals surface area (Å²) in [6.07, 6.45) is 0. The lowest BCUT2D eigenvalue weighted by Crippen LogP contribution is -2.06. The van der Waals surface area contributed by atoms with E-state index >= 15 is 0 Å². The zero-order chi connectivity index (χ0) is 31.6. The molecule has 7 aromatic carbocycles. The van der Waals surface area contributed by atoms with Crippen LogP contribution in [0.4, 0.5) is 0 Å². The highest BCUT2D eigenvalue weighted by Crippen LogP contribution is 2.40. The second kappa shape index (κ2) is 10.5. The van der Waals surface area contributed by atoms with Crippen LogP contribution in [0.2, 0.25) is 0 Å². The van der Waals surface area contributed by atoms with Gasteiger partial charge in [-0.3, -0.25) is 4.57 Å². The smallest absolute Gasteiger partial charge is 0.238 e. The van der Waals surface area contributed by atoms with E-state index in [0.29, 0.717) is 17.6 Å². The Bertz CT molecular complexity index is 2770. The molecule has 0 atom stereocenters. The van der Waals surface area contributed by atoms with Crippen LogP contribution in [0.25, 0.3) is 88.8 Å². The maximum absolute atomic E-state index is 5.14. The van der Waals surface area contributed by atoms with Gasteiger partial charge in [-0.1, -0.05) is 133 Å². The average molecular weight is 614 g/mol. The highest BCUT2D eigenvalue weighted by molar-refractivity contribution is 6.19. The Morgan fingerprint density at radius 3 is 1.44 bits per heavy atom. The van der Waals surface area contributed by atoms with Crippen molar-refractivity contribution < 1.29 is 0 Å². The normalized spacial score (nSPS) is 11.8. The third kappa shape index (κ3) is 4.01. The van der Waals surface area contributed by atoms with E-state index in [1.807, 2.05) is 60.7 Å². The van der Waals surface area contributed by atoms with Crippen molar-refractivity contribution in [1.82, 2.24) is 24.1 Å². The lowest BCUT2D eigenvalue weighted by Gasteiger charge is -2.12. The Kier molecular flexibility index (Phi) is 5.81. The first-order valence-electron chi connectivity index (χ1n) is 16.1. The third-order valence-electron chi connectivity index (χ3n) is 9.36. The number of fused-ring (bicyclic) bond motifs is 7. The highest BCUT2D eigenvalue weighted by Gasteiger charge is 2.21. The summed E-state index contributed by atoms with van der Waals surface area (Å²) in [5.41, 5.74) is 7.48. The molecular weight excluding hydrogens is 587 g/mol. The van der Waals surface area contributed by atoms with Crippen molar-refractivity contribution in [2.75, 3.05) is 0 Å². The minimum Gasteiger partial charge on any atom is -0.309 e. The van der Waals surface area contributed by atoms with E-state index in [1.165, 1.54) is 32.7 Å². The fourth-order valence-corrected chi connectivity index (χ4v) is 7.21. The Morgan fingerprint density at radius 1 is 0.333 bits per heavy atom. The number of hydrogen-bond acceptors (Lipinski definition) is 3. The quantitative estimate of drug-likeness (QED) is 0.198. The molecule has 0 saturated heterocycles. The number of rotatable bonds is 4. The zero-order valence-electron chi connectivity index (χ0n) is 25.8. The van der Waals surface area contributed by atoms with Gasteiger partial charge in [0.1, 0.15) is 0 Å². The van der Waals surface area contributed by atoms with Gasteiger partial charge in [-0.2, -0.15) is 9.97 Å². The van der Waals surface area contributed by atoms with Crippen LogP contribution >= 0.6 is 0 Å². The molecule has 3 aromatic heterocycles. The number of aromatic nitrogens is 5. The summed E-state index contributed by atoms with van der Waals surface area (Å²) in [7, 11) is 0. The van der Waals surface area contributed by atoms with Gasteiger partial charge in [-0.15, -0.1) is 0 Å². The Morgan fingerprint density at radius 2 is 0.812 bits per heavy atom. The zero-order valence-corrected chi connectivity index (χ0v) is 25.8. The highest BCUT2D eigenvalue weighted by atomic mass is 15.2. The summed E-state index contributed by atoms with van der Waals surface area (Å²) in [4.78, 5) is 15.2. The minimum atomic E-state index is 0.589. The van der Waals surface area contributed by atoms with Gasteiger partial charge >= 0.3 is 0 Å². The molecule has 3 heterocycles. The van der Waals surface area contributed by atoms with E-state index in [4.69, 9.17) is 15.0 Å². The minimum absolute atomic E-state index is 0.589. The summed E-state index contributed by atoms with van der Waals surface area (Å²) in [6, 6.07) is 57.4. The fraction of sp³-hybridized carbons (Fsp3) is 0. The van der Waals surface area contributed by atoms with Gasteiger partial charge in [-0.25, -0.2) is 4.98 Å². The van der Waals surface area contributed by atoms with Gasteiger partial charge in [0.15, 0.2) is 11.6 Å². The molecule has 48 heavy (non-hydrogen) atoms. The maximum Gasteiger partial charge on any atom is 0.238 e. The van der Waals surface area contributed by atoms with E-state index in [1.54, 1.807) is 0 Å². The molecule has 0 aliphatic rings. The van der Waals surface area contributed by atoms with E-state index in [0.717, 1.165) is 38.4 Å². The van der Waals surface area contributed by atoms with Crippen LogP contribution in [-0.4, -0.2) is 24.1 Å². The van der Waals surface area contributed by atoms with E-state index in [-0.39, 0.29) is 0 Å². The molecule has 0 N–H and O–H groups in total. The first-order chi connectivity index (χ1) is 23.8. The first-order valence-corrected chi connectivity index (χ1v) is 16.1. The topological polar surface area (TPSA) is 48.5 Å². The molecule has 0 bridgehead atoms. The largest absolute Gasteiger partial charge is 0.309 e. The summed E-state index contributed by atoms with van der Waals surface area (Å²) >= 11 is 0. The summed E-state index contributed by atoms with van der Waals surface area (Å²) in [5, 5.41) is 7.10. The van der Waals surface area contributed by atoms with Crippen LogP contribution in [0.1, 0.15) is 0 Å². The SMILES string of the molecule is c1ccc(-c2nc(-c3ccccc3)nc(-n3c4ccccc4c4cc5c(cc43)c3ccccc3n5-c3cccc4ccccc34)n2)cc1. The van der Waals surface area contributed by atoms with Crippen LogP contribution in [0, 0.1) is 0 Å². The Hall–Kier alpha value is -6.59. The number of benzene rings is 7. The van der Waals surface area contributed by atoms with Gasteiger partial charge in [0.25, 0.3) is 0 Å². The molecule has 0 saturated carbocycles. The van der Waals surface area contributed by atoms with Gasteiger partial charge in [0.2, 0.25) is 5.95 Å². The summed E-state index contributed by atoms with van der Waals surface area (Å²) in [5.74, 6) is 1.86. The van der Waals surface area contributed by atoms with Crippen molar-refractivity contribution in [2.45, 2.75) is 0 Å². The predicted octanol–water partition coefficient (Wildman–Crippen LogP) is 10.6. The maximum atomic E-state index is 5.14. The monoisotopic (exact) mass is 613 g/mol. The summed E-state index contributed by atoms with van der Waals surface area (Å²) in [6.45, 7) is 0. The van der Waals surface area contributed by atoms with Gasteiger partial charge in [0, 0.05) is 38.1 Å². The van der Waals surface area contributed by atoms with E-state index in [2.05, 4.69) is 112 Å².